The Morgan fingerprint density at radius 3 is 1.62 bits per heavy atom. The molecule has 2 aliphatic rings. The van der Waals surface area contributed by atoms with E-state index in [1.54, 1.807) is 6.07 Å². The predicted octanol–water partition coefficient (Wildman–Crippen LogP) is 3.92. The van der Waals surface area contributed by atoms with Crippen LogP contribution in [0.4, 0.5) is 11.4 Å². The third kappa shape index (κ3) is 5.12. The van der Waals surface area contributed by atoms with Crippen molar-refractivity contribution in [2.24, 2.45) is 23.3 Å². The number of hydrogen-bond donors (Lipinski definition) is 4. The minimum atomic E-state index is -0.360. The Labute approximate surface area is 147 Å². The molecular formula is C20H36N4. The molecule has 0 radical (unpaired) electrons. The SMILES string of the molecule is Cc1cc(N)ccc1N.NC(N)(C1CCCCC1)C1CCCCC1. The molecule has 0 atom stereocenters. The van der Waals surface area contributed by atoms with Gasteiger partial charge in [0.05, 0.1) is 5.66 Å². The van der Waals surface area contributed by atoms with Gasteiger partial charge in [0.25, 0.3) is 0 Å². The van der Waals surface area contributed by atoms with Crippen LogP contribution in [0.25, 0.3) is 0 Å². The Kier molecular flexibility index (Phi) is 6.93. The molecule has 2 saturated carbocycles. The number of hydrogen-bond acceptors (Lipinski definition) is 4. The van der Waals surface area contributed by atoms with Gasteiger partial charge in [-0.2, -0.15) is 0 Å². The molecule has 0 amide bonds. The van der Waals surface area contributed by atoms with E-state index < -0.39 is 0 Å². The molecular weight excluding hydrogens is 296 g/mol. The summed E-state index contributed by atoms with van der Waals surface area (Å²) >= 11 is 0. The molecule has 0 saturated heterocycles. The lowest BCUT2D eigenvalue weighted by molar-refractivity contribution is 0.111. The van der Waals surface area contributed by atoms with Crippen LogP contribution in [0, 0.1) is 18.8 Å². The minimum absolute atomic E-state index is 0.360. The van der Waals surface area contributed by atoms with Gasteiger partial charge in [0.1, 0.15) is 0 Å². The zero-order chi connectivity index (χ0) is 17.6. The smallest absolute Gasteiger partial charge is 0.0694 e. The van der Waals surface area contributed by atoms with E-state index in [4.69, 9.17) is 22.9 Å². The van der Waals surface area contributed by atoms with E-state index in [0.29, 0.717) is 11.8 Å². The van der Waals surface area contributed by atoms with Gasteiger partial charge in [0.2, 0.25) is 0 Å². The third-order valence-electron chi connectivity index (χ3n) is 5.92. The van der Waals surface area contributed by atoms with Crippen molar-refractivity contribution in [3.05, 3.63) is 23.8 Å². The van der Waals surface area contributed by atoms with Crippen LogP contribution in [0.1, 0.15) is 69.8 Å². The van der Waals surface area contributed by atoms with Crippen molar-refractivity contribution >= 4 is 11.4 Å². The molecule has 0 unspecified atom stereocenters. The molecule has 136 valence electrons. The van der Waals surface area contributed by atoms with E-state index in [2.05, 4.69) is 0 Å². The average molecular weight is 333 g/mol. The maximum atomic E-state index is 6.44. The number of benzene rings is 1. The van der Waals surface area contributed by atoms with Crippen LogP contribution < -0.4 is 22.9 Å². The summed E-state index contributed by atoms with van der Waals surface area (Å²) in [4.78, 5) is 0. The monoisotopic (exact) mass is 332 g/mol. The second-order valence-corrected chi connectivity index (χ2v) is 7.79. The van der Waals surface area contributed by atoms with Gasteiger partial charge in [-0.05, 0) is 68.2 Å². The first kappa shape index (κ1) is 19.1. The lowest BCUT2D eigenvalue weighted by Gasteiger charge is -2.44. The number of rotatable bonds is 2. The Balaban J connectivity index is 0.000000198. The maximum Gasteiger partial charge on any atom is 0.0694 e. The van der Waals surface area contributed by atoms with Gasteiger partial charge >= 0.3 is 0 Å². The standard InChI is InChI=1S/C13H26N2.C7H10N2/c14-13(15,11-7-3-1-4-8-11)12-9-5-2-6-10-12;1-5-4-6(8)2-3-7(5)9/h11-12H,1-10,14-15H2;2-4H,8-9H2,1H3. The number of nitrogens with two attached hydrogens (primary N) is 4. The van der Waals surface area contributed by atoms with Crippen LogP contribution in [0.15, 0.2) is 18.2 Å². The van der Waals surface area contributed by atoms with Gasteiger partial charge in [-0.15, -0.1) is 0 Å². The van der Waals surface area contributed by atoms with Crippen molar-refractivity contribution in [3.63, 3.8) is 0 Å². The Bertz CT molecular complexity index is 480. The number of anilines is 2. The summed E-state index contributed by atoms with van der Waals surface area (Å²) in [5.41, 5.74) is 26.1. The summed E-state index contributed by atoms with van der Waals surface area (Å²) in [6.45, 7) is 1.94. The Morgan fingerprint density at radius 2 is 1.25 bits per heavy atom. The topological polar surface area (TPSA) is 104 Å². The first-order chi connectivity index (χ1) is 11.4. The van der Waals surface area contributed by atoms with Crippen molar-refractivity contribution in [1.82, 2.24) is 0 Å². The van der Waals surface area contributed by atoms with Gasteiger partial charge < -0.3 is 22.9 Å². The maximum absolute atomic E-state index is 6.44. The zero-order valence-corrected chi connectivity index (χ0v) is 15.3. The van der Waals surface area contributed by atoms with Crippen LogP contribution in [-0.4, -0.2) is 5.66 Å². The third-order valence-corrected chi connectivity index (χ3v) is 5.92. The van der Waals surface area contributed by atoms with Crippen molar-refractivity contribution in [3.8, 4) is 0 Å². The molecule has 3 rings (SSSR count). The molecule has 0 heterocycles. The van der Waals surface area contributed by atoms with Crippen LogP contribution in [0.2, 0.25) is 0 Å². The minimum Gasteiger partial charge on any atom is -0.399 e. The average Bonchev–Trinajstić information content (AvgIpc) is 2.60. The lowest BCUT2D eigenvalue weighted by atomic mass is 9.70. The van der Waals surface area contributed by atoms with Gasteiger partial charge in [0, 0.05) is 11.4 Å². The second-order valence-electron chi connectivity index (χ2n) is 7.79. The van der Waals surface area contributed by atoms with E-state index in [1.807, 2.05) is 19.1 Å². The van der Waals surface area contributed by atoms with Crippen LogP contribution >= 0.6 is 0 Å². The van der Waals surface area contributed by atoms with Crippen molar-refractivity contribution < 1.29 is 0 Å². The second kappa shape index (κ2) is 8.72. The molecule has 0 spiro atoms. The van der Waals surface area contributed by atoms with Crippen molar-refractivity contribution in [2.45, 2.75) is 76.8 Å². The molecule has 2 fully saturated rings. The first-order valence-electron chi connectivity index (χ1n) is 9.60. The van der Waals surface area contributed by atoms with Crippen LogP contribution in [0.3, 0.4) is 0 Å². The van der Waals surface area contributed by atoms with Gasteiger partial charge in [-0.3, -0.25) is 0 Å². The molecule has 1 aromatic carbocycles. The molecule has 24 heavy (non-hydrogen) atoms. The summed E-state index contributed by atoms with van der Waals surface area (Å²) < 4.78 is 0. The van der Waals surface area contributed by atoms with Crippen molar-refractivity contribution in [2.75, 3.05) is 11.5 Å². The summed E-state index contributed by atoms with van der Waals surface area (Å²) in [7, 11) is 0. The predicted molar refractivity (Wildman–Crippen MR) is 104 cm³/mol. The van der Waals surface area contributed by atoms with Crippen LogP contribution in [0.5, 0.6) is 0 Å². The van der Waals surface area contributed by atoms with E-state index in [0.717, 1.165) is 16.9 Å². The lowest BCUT2D eigenvalue weighted by Crippen LogP contribution is -2.61. The molecule has 4 heteroatoms. The summed E-state index contributed by atoms with van der Waals surface area (Å²) in [5, 5.41) is 0. The number of aryl methyl sites for hydroxylation is 1. The highest BCUT2D eigenvalue weighted by atomic mass is 15.0. The van der Waals surface area contributed by atoms with Crippen molar-refractivity contribution in [1.29, 1.82) is 0 Å². The van der Waals surface area contributed by atoms with E-state index in [1.165, 1.54) is 64.2 Å². The highest BCUT2D eigenvalue weighted by Gasteiger charge is 2.39. The quantitative estimate of drug-likeness (QED) is 0.486. The van der Waals surface area contributed by atoms with E-state index >= 15 is 0 Å². The van der Waals surface area contributed by atoms with Gasteiger partial charge in [-0.25, -0.2) is 0 Å². The van der Waals surface area contributed by atoms with E-state index in [-0.39, 0.29) is 5.66 Å². The van der Waals surface area contributed by atoms with Crippen LogP contribution in [-0.2, 0) is 0 Å². The summed E-state index contributed by atoms with van der Waals surface area (Å²) in [5.74, 6) is 1.18. The Morgan fingerprint density at radius 1 is 0.792 bits per heavy atom. The fourth-order valence-corrected chi connectivity index (χ4v) is 4.24. The molecule has 1 aromatic rings. The Hall–Kier alpha value is -1.26. The normalized spacial score (nSPS) is 20.3. The fraction of sp³-hybridized carbons (Fsp3) is 0.700. The van der Waals surface area contributed by atoms with E-state index in [9.17, 15) is 0 Å². The largest absolute Gasteiger partial charge is 0.399 e. The van der Waals surface area contributed by atoms with Gasteiger partial charge in [-0.1, -0.05) is 38.5 Å². The number of nitrogen functional groups attached to an aromatic ring is 2. The molecule has 0 aliphatic heterocycles. The molecule has 2 aliphatic carbocycles. The molecule has 0 bridgehead atoms. The van der Waals surface area contributed by atoms with Gasteiger partial charge in [0.15, 0.2) is 0 Å². The first-order valence-corrected chi connectivity index (χ1v) is 9.60. The zero-order valence-electron chi connectivity index (χ0n) is 15.3. The molecule has 0 aromatic heterocycles. The summed E-state index contributed by atoms with van der Waals surface area (Å²) in [6.07, 6.45) is 13.2. The highest BCUT2D eigenvalue weighted by Crippen LogP contribution is 2.38. The molecule has 8 N–H and O–H groups in total. The fourth-order valence-electron chi connectivity index (χ4n) is 4.24. The molecule has 4 nitrogen and oxygen atoms in total. The summed E-state index contributed by atoms with van der Waals surface area (Å²) in [6, 6.07) is 5.46. The highest BCUT2D eigenvalue weighted by molar-refractivity contribution is 5.54.